The maximum atomic E-state index is 13.7. The van der Waals surface area contributed by atoms with E-state index in [-0.39, 0.29) is 35.7 Å². The number of carbonyl (C=O) groups excluding carboxylic acids is 2. The largest absolute Gasteiger partial charge is 0.508 e. The van der Waals surface area contributed by atoms with Crippen molar-refractivity contribution in [3.63, 3.8) is 0 Å². The summed E-state index contributed by atoms with van der Waals surface area (Å²) < 4.78 is 46.1. The Kier molecular flexibility index (Phi) is 8.66. The van der Waals surface area contributed by atoms with Gasteiger partial charge in [-0.25, -0.2) is 0 Å². The van der Waals surface area contributed by atoms with Gasteiger partial charge >= 0.3 is 6.18 Å². The molecule has 1 fully saturated rings. The molecule has 2 amide bonds. The van der Waals surface area contributed by atoms with Crippen molar-refractivity contribution in [2.75, 3.05) is 43.5 Å². The zero-order chi connectivity index (χ0) is 31.3. The molecule has 3 aromatic carbocycles. The molecule has 224 valence electrons. The Balaban J connectivity index is 1.24. The SMILES string of the molecule is COc1ccc(NC(=O)c2ccc(N3CCN(C(=O)c4cc(C#Cc5cccc(O)c5)cc(C(F)(F)F)c4)CC3)nn2)cc1. The smallest absolute Gasteiger partial charge is 0.416 e. The first-order valence-electron chi connectivity index (χ1n) is 13.5. The molecule has 9 nitrogen and oxygen atoms in total. The van der Waals surface area contributed by atoms with E-state index in [4.69, 9.17) is 4.74 Å². The van der Waals surface area contributed by atoms with Crippen LogP contribution in [0.4, 0.5) is 24.7 Å². The Morgan fingerprint density at radius 1 is 0.886 bits per heavy atom. The van der Waals surface area contributed by atoms with Crippen LogP contribution in [0.25, 0.3) is 0 Å². The summed E-state index contributed by atoms with van der Waals surface area (Å²) >= 11 is 0. The molecule has 1 saturated heterocycles. The van der Waals surface area contributed by atoms with Gasteiger partial charge in [0, 0.05) is 48.6 Å². The summed E-state index contributed by atoms with van der Waals surface area (Å²) in [6.45, 7) is 1.20. The number of nitrogens with one attached hydrogen (secondary N) is 1. The average molecular weight is 602 g/mol. The molecule has 2 heterocycles. The molecule has 44 heavy (non-hydrogen) atoms. The van der Waals surface area contributed by atoms with Crippen molar-refractivity contribution in [3.05, 3.63) is 107 Å². The number of piperazine rings is 1. The number of hydrogen-bond acceptors (Lipinski definition) is 7. The van der Waals surface area contributed by atoms with Gasteiger partial charge in [-0.2, -0.15) is 13.2 Å². The van der Waals surface area contributed by atoms with Gasteiger partial charge in [-0.05, 0) is 72.8 Å². The third-order valence-corrected chi connectivity index (χ3v) is 6.83. The first kappa shape index (κ1) is 29.9. The lowest BCUT2D eigenvalue weighted by molar-refractivity contribution is -0.137. The predicted molar refractivity (Wildman–Crippen MR) is 157 cm³/mol. The number of nitrogens with zero attached hydrogens (tertiary/aromatic N) is 4. The van der Waals surface area contributed by atoms with Gasteiger partial charge in [0.15, 0.2) is 11.5 Å². The molecule has 5 rings (SSSR count). The Morgan fingerprint density at radius 3 is 2.25 bits per heavy atom. The Morgan fingerprint density at radius 2 is 1.61 bits per heavy atom. The van der Waals surface area contributed by atoms with E-state index in [1.165, 1.54) is 23.1 Å². The lowest BCUT2D eigenvalue weighted by Crippen LogP contribution is -2.49. The minimum absolute atomic E-state index is 0.0204. The summed E-state index contributed by atoms with van der Waals surface area (Å²) in [6.07, 6.45) is -4.67. The fourth-order valence-corrected chi connectivity index (χ4v) is 4.52. The van der Waals surface area contributed by atoms with E-state index in [1.807, 2.05) is 4.90 Å². The zero-order valence-electron chi connectivity index (χ0n) is 23.4. The minimum atomic E-state index is -4.67. The molecule has 1 aliphatic heterocycles. The average Bonchev–Trinajstić information content (AvgIpc) is 3.03. The van der Waals surface area contributed by atoms with E-state index in [1.54, 1.807) is 55.6 Å². The number of methoxy groups -OCH3 is 1. The van der Waals surface area contributed by atoms with E-state index < -0.39 is 23.6 Å². The molecule has 0 bridgehead atoms. The van der Waals surface area contributed by atoms with Gasteiger partial charge in [0.2, 0.25) is 0 Å². The van der Waals surface area contributed by atoms with Gasteiger partial charge in [0.25, 0.3) is 11.8 Å². The zero-order valence-corrected chi connectivity index (χ0v) is 23.4. The number of amides is 2. The fraction of sp³-hybridized carbons (Fsp3) is 0.188. The number of anilines is 2. The second-order valence-electron chi connectivity index (χ2n) is 9.84. The van der Waals surface area contributed by atoms with E-state index in [9.17, 15) is 27.9 Å². The number of halogens is 3. The Bertz CT molecular complexity index is 1720. The molecule has 2 N–H and O–H groups in total. The van der Waals surface area contributed by atoms with Crippen molar-refractivity contribution in [2.45, 2.75) is 6.18 Å². The Hall–Kier alpha value is -5.57. The molecule has 0 atom stereocenters. The van der Waals surface area contributed by atoms with Crippen molar-refractivity contribution >= 4 is 23.3 Å². The molecular weight excluding hydrogens is 575 g/mol. The van der Waals surface area contributed by atoms with Crippen LogP contribution in [0.3, 0.4) is 0 Å². The number of hydrogen-bond donors (Lipinski definition) is 2. The number of phenols is 1. The molecule has 12 heteroatoms. The van der Waals surface area contributed by atoms with Crippen molar-refractivity contribution in [3.8, 4) is 23.3 Å². The number of aromatic hydroxyl groups is 1. The topological polar surface area (TPSA) is 108 Å². The highest BCUT2D eigenvalue weighted by Crippen LogP contribution is 2.31. The summed E-state index contributed by atoms with van der Waals surface area (Å²) in [5, 5.41) is 20.5. The van der Waals surface area contributed by atoms with Crippen LogP contribution in [0.1, 0.15) is 37.5 Å². The van der Waals surface area contributed by atoms with Crippen molar-refractivity contribution in [2.24, 2.45) is 0 Å². The second-order valence-corrected chi connectivity index (χ2v) is 9.84. The van der Waals surface area contributed by atoms with Crippen molar-refractivity contribution in [1.82, 2.24) is 15.1 Å². The summed E-state index contributed by atoms with van der Waals surface area (Å²) in [7, 11) is 1.55. The number of benzene rings is 3. The minimum Gasteiger partial charge on any atom is -0.508 e. The van der Waals surface area contributed by atoms with Crippen molar-refractivity contribution < 1.29 is 32.6 Å². The van der Waals surface area contributed by atoms with Gasteiger partial charge < -0.3 is 25.0 Å². The lowest BCUT2D eigenvalue weighted by atomic mass is 10.0. The first-order valence-corrected chi connectivity index (χ1v) is 13.5. The highest BCUT2D eigenvalue weighted by Gasteiger charge is 2.32. The lowest BCUT2D eigenvalue weighted by Gasteiger charge is -2.35. The van der Waals surface area contributed by atoms with E-state index in [0.717, 1.165) is 12.1 Å². The molecule has 0 saturated carbocycles. The van der Waals surface area contributed by atoms with E-state index in [2.05, 4.69) is 27.4 Å². The van der Waals surface area contributed by atoms with Gasteiger partial charge in [0.05, 0.1) is 12.7 Å². The van der Waals surface area contributed by atoms with Gasteiger partial charge in [0.1, 0.15) is 11.5 Å². The van der Waals surface area contributed by atoms with Gasteiger partial charge in [-0.1, -0.05) is 17.9 Å². The number of ether oxygens (including phenoxy) is 1. The number of phenolic OH excluding ortho intramolecular Hbond substituents is 1. The summed E-state index contributed by atoms with van der Waals surface area (Å²) in [5.41, 5.74) is 0.0239. The molecule has 0 aliphatic carbocycles. The molecule has 1 aliphatic rings. The molecule has 0 unspecified atom stereocenters. The first-order chi connectivity index (χ1) is 21.1. The summed E-state index contributed by atoms with van der Waals surface area (Å²) in [4.78, 5) is 29.2. The van der Waals surface area contributed by atoms with Crippen LogP contribution in [-0.2, 0) is 6.18 Å². The van der Waals surface area contributed by atoms with E-state index >= 15 is 0 Å². The number of rotatable bonds is 5. The van der Waals surface area contributed by atoms with Crippen LogP contribution in [0, 0.1) is 11.8 Å². The molecule has 0 spiro atoms. The highest BCUT2D eigenvalue weighted by atomic mass is 19.4. The van der Waals surface area contributed by atoms with Crippen LogP contribution in [0.15, 0.2) is 78.9 Å². The maximum absolute atomic E-state index is 13.7. The third-order valence-electron chi connectivity index (χ3n) is 6.83. The third kappa shape index (κ3) is 7.25. The molecule has 4 aromatic rings. The highest BCUT2D eigenvalue weighted by molar-refractivity contribution is 6.02. The standard InChI is InChI=1S/C32H26F3N5O4/c1-44-27-9-7-25(8-10-27)36-30(42)28-11-12-29(38-37-28)39-13-15-40(16-14-39)31(43)23-17-22(18-24(20-23)32(33,34)35)6-5-21-3-2-4-26(41)19-21/h2-4,7-12,17-20,41H,13-16H2,1H3,(H,36,42). The van der Waals surface area contributed by atoms with Crippen LogP contribution < -0.4 is 15.0 Å². The van der Waals surface area contributed by atoms with Crippen LogP contribution >= 0.6 is 0 Å². The van der Waals surface area contributed by atoms with Crippen LogP contribution in [0.5, 0.6) is 11.5 Å². The number of aromatic nitrogens is 2. The summed E-state index contributed by atoms with van der Waals surface area (Å²) in [5.74, 6) is 5.55. The normalized spacial score (nSPS) is 13.1. The second kappa shape index (κ2) is 12.7. The Labute approximate surface area is 250 Å². The quantitative estimate of drug-likeness (QED) is 0.316. The molecule has 1 aromatic heterocycles. The monoisotopic (exact) mass is 601 g/mol. The number of carbonyl (C=O) groups is 2. The van der Waals surface area contributed by atoms with E-state index in [0.29, 0.717) is 35.9 Å². The fourth-order valence-electron chi connectivity index (χ4n) is 4.52. The van der Waals surface area contributed by atoms with Crippen LogP contribution in [-0.4, -0.2) is 65.3 Å². The van der Waals surface area contributed by atoms with Gasteiger partial charge in [-0.3, -0.25) is 9.59 Å². The maximum Gasteiger partial charge on any atom is 0.416 e. The predicted octanol–water partition coefficient (Wildman–Crippen LogP) is 4.82. The van der Waals surface area contributed by atoms with Crippen molar-refractivity contribution in [1.29, 1.82) is 0 Å². The summed E-state index contributed by atoms with van der Waals surface area (Å²) in [6, 6.07) is 19.1. The van der Waals surface area contributed by atoms with Crippen LogP contribution in [0.2, 0.25) is 0 Å². The number of alkyl halides is 3. The molecular formula is C32H26F3N5O4. The molecule has 0 radical (unpaired) electrons. The van der Waals surface area contributed by atoms with Gasteiger partial charge in [-0.15, -0.1) is 10.2 Å².